The normalized spacial score (nSPS) is 12.7. The summed E-state index contributed by atoms with van der Waals surface area (Å²) in [4.78, 5) is 24.6. The highest BCUT2D eigenvalue weighted by atomic mass is 16.5. The van der Waals surface area contributed by atoms with Gasteiger partial charge in [-0.05, 0) is 83.5 Å². The maximum absolute atomic E-state index is 12.5. The van der Waals surface area contributed by atoms with Crippen molar-refractivity contribution >= 4 is 11.9 Å². The van der Waals surface area contributed by atoms with Crippen LogP contribution >= 0.6 is 0 Å². The van der Waals surface area contributed by atoms with E-state index in [1.807, 2.05) is 0 Å². The number of aliphatic hydroxyl groups excluding tert-OH is 2. The van der Waals surface area contributed by atoms with Crippen LogP contribution in [0.25, 0.3) is 0 Å². The summed E-state index contributed by atoms with van der Waals surface area (Å²) >= 11 is 0. The highest BCUT2D eigenvalue weighted by molar-refractivity contribution is 5.76. The summed E-state index contributed by atoms with van der Waals surface area (Å²) in [5.41, 5.74) is 0. The molecule has 0 saturated carbocycles. The van der Waals surface area contributed by atoms with Crippen molar-refractivity contribution in [1.29, 1.82) is 0 Å². The van der Waals surface area contributed by atoms with Crippen LogP contribution in [0.3, 0.4) is 0 Å². The number of hydrogen-bond acceptors (Lipinski definition) is 5. The fourth-order valence-electron chi connectivity index (χ4n) is 11.6. The summed E-state index contributed by atoms with van der Waals surface area (Å²) in [6.45, 7) is 4.96. The Morgan fingerprint density at radius 1 is 0.346 bits per heavy atom. The molecular weight excluding hydrogens is 995 g/mol. The highest BCUT2D eigenvalue weighted by Crippen LogP contribution is 2.19. The molecule has 0 radical (unpaired) electrons. The number of rotatable bonds is 69. The van der Waals surface area contributed by atoms with Crippen LogP contribution in [-0.2, 0) is 14.3 Å². The number of ether oxygens (including phenoxy) is 1. The van der Waals surface area contributed by atoms with Gasteiger partial charge in [0.05, 0.1) is 25.4 Å². The molecule has 0 aliphatic rings. The second-order valence-corrected chi connectivity index (χ2v) is 25.3. The predicted molar refractivity (Wildman–Crippen MR) is 356 cm³/mol. The standard InChI is InChI=1S/C75H143NO5/c1-3-5-7-9-11-13-15-17-18-38-41-44-47-51-55-59-63-67-73(78)72(71-77)76-74(79)68-64-60-56-52-48-45-42-39-36-34-32-30-28-26-24-22-20-19-21-23-25-27-29-31-33-35-37-40-43-46-50-54-58-62-66-70-81-75(80)69-65-61-57-53-49-16-14-12-10-8-6-4-2/h12,14,21,23,27,29,72-73,77-78H,3-11,13,15-20,22,24-26,28,30-71H2,1-2H3,(H,76,79)/b14-12-,23-21-,29-27-. The van der Waals surface area contributed by atoms with Crippen LogP contribution in [0.1, 0.15) is 406 Å². The number of esters is 1. The molecule has 0 aliphatic heterocycles. The van der Waals surface area contributed by atoms with Crippen molar-refractivity contribution in [3.8, 4) is 0 Å². The lowest BCUT2D eigenvalue weighted by Crippen LogP contribution is -2.45. The zero-order chi connectivity index (χ0) is 58.5. The molecule has 0 aromatic carbocycles. The first kappa shape index (κ1) is 79.1. The van der Waals surface area contributed by atoms with Gasteiger partial charge in [-0.15, -0.1) is 0 Å². The Hall–Kier alpha value is -1.92. The first-order chi connectivity index (χ1) is 40.0. The Morgan fingerprint density at radius 2 is 0.617 bits per heavy atom. The van der Waals surface area contributed by atoms with E-state index in [0.29, 0.717) is 25.9 Å². The van der Waals surface area contributed by atoms with Gasteiger partial charge >= 0.3 is 5.97 Å². The third-order valence-electron chi connectivity index (χ3n) is 17.2. The summed E-state index contributed by atoms with van der Waals surface area (Å²) in [6, 6.07) is -0.540. The summed E-state index contributed by atoms with van der Waals surface area (Å²) in [5, 5.41) is 23.4. The van der Waals surface area contributed by atoms with E-state index in [1.165, 1.54) is 321 Å². The Morgan fingerprint density at radius 3 is 0.975 bits per heavy atom. The Kier molecular flexibility index (Phi) is 68.9. The van der Waals surface area contributed by atoms with Gasteiger partial charge in [0.2, 0.25) is 5.91 Å². The number of aliphatic hydroxyl groups is 2. The Balaban J connectivity index is 3.37. The molecule has 2 unspecified atom stereocenters. The third-order valence-corrected chi connectivity index (χ3v) is 17.2. The average Bonchev–Trinajstić information content (AvgIpc) is 3.47. The van der Waals surface area contributed by atoms with E-state index in [4.69, 9.17) is 4.74 Å². The summed E-state index contributed by atoms with van der Waals surface area (Å²) < 4.78 is 5.47. The van der Waals surface area contributed by atoms with E-state index in [-0.39, 0.29) is 18.5 Å². The molecule has 3 N–H and O–H groups in total. The number of carbonyl (C=O) groups excluding carboxylic acids is 2. The fraction of sp³-hybridized carbons (Fsp3) is 0.893. The zero-order valence-electron chi connectivity index (χ0n) is 54.8. The van der Waals surface area contributed by atoms with Crippen LogP contribution in [0.5, 0.6) is 0 Å². The van der Waals surface area contributed by atoms with Crippen molar-refractivity contribution in [2.75, 3.05) is 13.2 Å². The lowest BCUT2D eigenvalue weighted by Gasteiger charge is -2.22. The van der Waals surface area contributed by atoms with Crippen molar-refractivity contribution < 1.29 is 24.5 Å². The van der Waals surface area contributed by atoms with Crippen molar-refractivity contribution in [3.05, 3.63) is 36.5 Å². The second kappa shape index (κ2) is 70.6. The minimum Gasteiger partial charge on any atom is -0.466 e. The molecule has 2 atom stereocenters. The molecule has 1 amide bonds. The lowest BCUT2D eigenvalue weighted by molar-refractivity contribution is -0.143. The number of hydrogen-bond donors (Lipinski definition) is 3. The Bertz CT molecular complexity index is 1310. The van der Waals surface area contributed by atoms with Crippen LogP contribution in [-0.4, -0.2) is 47.4 Å². The van der Waals surface area contributed by atoms with Gasteiger partial charge in [0.15, 0.2) is 0 Å². The smallest absolute Gasteiger partial charge is 0.305 e. The van der Waals surface area contributed by atoms with Gasteiger partial charge in [0.1, 0.15) is 0 Å². The summed E-state index contributed by atoms with van der Waals surface area (Å²) in [7, 11) is 0. The number of unbranched alkanes of at least 4 members (excludes halogenated alkanes) is 52. The molecule has 6 heteroatoms. The highest BCUT2D eigenvalue weighted by Gasteiger charge is 2.20. The summed E-state index contributed by atoms with van der Waals surface area (Å²) in [6.07, 6.45) is 90.7. The topological polar surface area (TPSA) is 95.9 Å². The third kappa shape index (κ3) is 67.1. The molecule has 0 saturated heterocycles. The molecule has 0 spiro atoms. The van der Waals surface area contributed by atoms with E-state index < -0.39 is 12.1 Å². The maximum Gasteiger partial charge on any atom is 0.305 e. The van der Waals surface area contributed by atoms with Crippen molar-refractivity contribution in [2.45, 2.75) is 418 Å². The molecular formula is C75H143NO5. The van der Waals surface area contributed by atoms with Gasteiger partial charge in [-0.25, -0.2) is 0 Å². The molecule has 81 heavy (non-hydrogen) atoms. The van der Waals surface area contributed by atoms with Gasteiger partial charge in [0.25, 0.3) is 0 Å². The van der Waals surface area contributed by atoms with Crippen LogP contribution in [0.2, 0.25) is 0 Å². The first-order valence-electron chi connectivity index (χ1n) is 36.7. The van der Waals surface area contributed by atoms with Crippen LogP contribution < -0.4 is 5.32 Å². The molecule has 478 valence electrons. The molecule has 0 rings (SSSR count). The molecule has 0 heterocycles. The Labute approximate surface area is 506 Å². The van der Waals surface area contributed by atoms with Gasteiger partial charge in [0, 0.05) is 12.8 Å². The molecule has 0 aromatic rings. The quantitative estimate of drug-likeness (QED) is 0.0320. The zero-order valence-corrected chi connectivity index (χ0v) is 54.8. The van der Waals surface area contributed by atoms with Crippen molar-refractivity contribution in [1.82, 2.24) is 5.32 Å². The van der Waals surface area contributed by atoms with E-state index >= 15 is 0 Å². The average molecular weight is 1140 g/mol. The SMILES string of the molecule is CCCCC/C=C\CCCCCCCC(=O)OCCCCCCCCCCCCC/C=C\C/C=C\CCCCCCCCCCCCCCCCCCCC(=O)NC(CO)C(O)CCCCCCCCCCCCCCCCCCC. The molecule has 6 nitrogen and oxygen atoms in total. The van der Waals surface area contributed by atoms with E-state index in [2.05, 4.69) is 55.6 Å². The maximum atomic E-state index is 12.5. The number of allylic oxidation sites excluding steroid dienone is 6. The molecule has 0 bridgehead atoms. The van der Waals surface area contributed by atoms with E-state index in [9.17, 15) is 19.8 Å². The van der Waals surface area contributed by atoms with Gasteiger partial charge in [-0.1, -0.05) is 346 Å². The monoisotopic (exact) mass is 1140 g/mol. The van der Waals surface area contributed by atoms with Crippen molar-refractivity contribution in [2.24, 2.45) is 0 Å². The van der Waals surface area contributed by atoms with Gasteiger partial charge in [-0.3, -0.25) is 9.59 Å². The van der Waals surface area contributed by atoms with Crippen LogP contribution in [0.4, 0.5) is 0 Å². The summed E-state index contributed by atoms with van der Waals surface area (Å²) in [5.74, 6) is -0.0221. The van der Waals surface area contributed by atoms with E-state index in [1.54, 1.807) is 0 Å². The van der Waals surface area contributed by atoms with Gasteiger partial charge < -0.3 is 20.3 Å². The fourth-order valence-corrected chi connectivity index (χ4v) is 11.6. The number of carbonyl (C=O) groups is 2. The first-order valence-corrected chi connectivity index (χ1v) is 36.7. The van der Waals surface area contributed by atoms with Gasteiger partial charge in [-0.2, -0.15) is 0 Å². The predicted octanol–water partition coefficient (Wildman–Crippen LogP) is 23.9. The number of nitrogens with one attached hydrogen (secondary N) is 1. The van der Waals surface area contributed by atoms with E-state index in [0.717, 1.165) is 51.4 Å². The minimum atomic E-state index is -0.663. The minimum absolute atomic E-state index is 0.00698. The van der Waals surface area contributed by atoms with Crippen molar-refractivity contribution in [3.63, 3.8) is 0 Å². The molecule has 0 aliphatic carbocycles. The largest absolute Gasteiger partial charge is 0.466 e. The van der Waals surface area contributed by atoms with Crippen LogP contribution in [0.15, 0.2) is 36.5 Å². The lowest BCUT2D eigenvalue weighted by atomic mass is 10.0. The number of amides is 1. The van der Waals surface area contributed by atoms with Crippen LogP contribution in [0, 0.1) is 0 Å². The second-order valence-electron chi connectivity index (χ2n) is 25.3. The molecule has 0 aromatic heterocycles. The molecule has 0 fully saturated rings.